The fourth-order valence-corrected chi connectivity index (χ4v) is 2.53. The molecule has 0 N–H and O–H groups in total. The van der Waals surface area contributed by atoms with Gasteiger partial charge in [0, 0.05) is 0 Å². The summed E-state index contributed by atoms with van der Waals surface area (Å²) >= 11 is 3.47. The number of rotatable bonds is 1. The highest BCUT2D eigenvalue weighted by Crippen LogP contribution is 2.40. The minimum Gasteiger partial charge on any atom is -0.469 e. The molecule has 0 atom stereocenters. The van der Waals surface area contributed by atoms with E-state index in [0.29, 0.717) is 23.8 Å². The monoisotopic (exact) mass is 311 g/mol. The van der Waals surface area contributed by atoms with Crippen LogP contribution in [-0.4, -0.2) is 20.4 Å². The zero-order valence-corrected chi connectivity index (χ0v) is 11.5. The van der Waals surface area contributed by atoms with Crippen LogP contribution in [0.1, 0.15) is 13.8 Å². The van der Waals surface area contributed by atoms with Gasteiger partial charge in [-0.2, -0.15) is 5.10 Å². The number of hydrogen-bond acceptors (Lipinski definition) is 3. The number of pyridine rings is 1. The quantitative estimate of drug-likeness (QED) is 0.812. The molecule has 6 heteroatoms. The van der Waals surface area contributed by atoms with Gasteiger partial charge < -0.3 is 4.74 Å². The molecule has 4 nitrogen and oxygen atoms in total. The maximum absolute atomic E-state index is 12.8. The summed E-state index contributed by atoms with van der Waals surface area (Å²) < 4.78 is 21.2. The highest BCUT2D eigenvalue weighted by Gasteiger charge is 2.34. The molecule has 2 aromatic heterocycles. The predicted molar refractivity (Wildman–Crippen MR) is 67.8 cm³/mol. The average molecular weight is 312 g/mol. The fraction of sp³-hybridized carbons (Fsp3) is 0.333. The van der Waals surface area contributed by atoms with Crippen LogP contribution in [0.5, 0.6) is 5.88 Å². The van der Waals surface area contributed by atoms with Crippen LogP contribution in [0.2, 0.25) is 0 Å². The van der Waals surface area contributed by atoms with Gasteiger partial charge in [-0.15, -0.1) is 0 Å². The first-order valence-corrected chi connectivity index (χ1v) is 6.33. The van der Waals surface area contributed by atoms with E-state index in [1.807, 2.05) is 13.8 Å². The number of nitrogens with zero attached hydrogens (tertiary/aromatic N) is 3. The van der Waals surface area contributed by atoms with E-state index in [2.05, 4.69) is 26.0 Å². The van der Waals surface area contributed by atoms with Gasteiger partial charge in [-0.1, -0.05) is 0 Å². The lowest BCUT2D eigenvalue weighted by atomic mass is 10.1. The summed E-state index contributed by atoms with van der Waals surface area (Å²) in [5, 5.41) is 4.45. The zero-order chi connectivity index (χ0) is 12.9. The molecule has 3 heterocycles. The molecule has 0 unspecified atom stereocenters. The topological polar surface area (TPSA) is 39.9 Å². The summed E-state index contributed by atoms with van der Waals surface area (Å²) in [6.07, 6.45) is 1.18. The minimum absolute atomic E-state index is 0.250. The van der Waals surface area contributed by atoms with Gasteiger partial charge in [-0.05, 0) is 41.9 Å². The van der Waals surface area contributed by atoms with E-state index in [-0.39, 0.29) is 11.4 Å². The highest BCUT2D eigenvalue weighted by molar-refractivity contribution is 9.10. The van der Waals surface area contributed by atoms with Crippen LogP contribution in [0.4, 0.5) is 4.39 Å². The van der Waals surface area contributed by atoms with Crippen molar-refractivity contribution in [1.82, 2.24) is 14.8 Å². The van der Waals surface area contributed by atoms with Gasteiger partial charge in [0.15, 0.2) is 0 Å². The maximum atomic E-state index is 12.8. The summed E-state index contributed by atoms with van der Waals surface area (Å²) in [5.41, 5.74) is 1.03. The molecule has 94 valence electrons. The standard InChI is InChI=1S/C12H11BrFN3O/c1-12(2)6-17-11(18-12)9(13)10(16-17)8-4-3-7(14)5-15-8/h3-5H,6H2,1-2H3. The van der Waals surface area contributed by atoms with Gasteiger partial charge >= 0.3 is 0 Å². The van der Waals surface area contributed by atoms with Crippen molar-refractivity contribution >= 4 is 15.9 Å². The lowest BCUT2D eigenvalue weighted by molar-refractivity contribution is 0.135. The number of hydrogen-bond donors (Lipinski definition) is 0. The van der Waals surface area contributed by atoms with Crippen molar-refractivity contribution in [3.05, 3.63) is 28.6 Å². The van der Waals surface area contributed by atoms with Crippen LogP contribution in [-0.2, 0) is 6.54 Å². The van der Waals surface area contributed by atoms with Gasteiger partial charge in [-0.3, -0.25) is 4.98 Å². The number of ether oxygens (including phenoxy) is 1. The minimum atomic E-state index is -0.362. The van der Waals surface area contributed by atoms with E-state index in [4.69, 9.17) is 4.74 Å². The second kappa shape index (κ2) is 3.78. The van der Waals surface area contributed by atoms with Crippen molar-refractivity contribution < 1.29 is 9.13 Å². The molecule has 0 saturated carbocycles. The van der Waals surface area contributed by atoms with Crippen LogP contribution >= 0.6 is 15.9 Å². The van der Waals surface area contributed by atoms with Crippen LogP contribution in [0.3, 0.4) is 0 Å². The Morgan fingerprint density at radius 2 is 2.22 bits per heavy atom. The van der Waals surface area contributed by atoms with Gasteiger partial charge in [0.2, 0.25) is 5.88 Å². The maximum Gasteiger partial charge on any atom is 0.227 e. The Kier molecular flexibility index (Phi) is 2.45. The third kappa shape index (κ3) is 1.80. The van der Waals surface area contributed by atoms with E-state index < -0.39 is 0 Å². The number of fused-ring (bicyclic) bond motifs is 1. The molecule has 0 saturated heterocycles. The van der Waals surface area contributed by atoms with Crippen molar-refractivity contribution in [1.29, 1.82) is 0 Å². The number of halogens is 2. The lowest BCUT2D eigenvalue weighted by Gasteiger charge is -2.16. The molecule has 0 aliphatic carbocycles. The summed E-state index contributed by atoms with van der Waals surface area (Å²) in [6, 6.07) is 2.97. The molecule has 1 aliphatic heterocycles. The Balaban J connectivity index is 2.04. The Bertz CT molecular complexity index is 607. The second-order valence-electron chi connectivity index (χ2n) is 4.85. The molecule has 3 rings (SSSR count). The van der Waals surface area contributed by atoms with E-state index in [0.717, 1.165) is 4.47 Å². The van der Waals surface area contributed by atoms with Crippen LogP contribution in [0.15, 0.2) is 22.8 Å². The van der Waals surface area contributed by atoms with E-state index in [1.54, 1.807) is 10.7 Å². The molecule has 0 bridgehead atoms. The van der Waals surface area contributed by atoms with Crippen molar-refractivity contribution in [2.45, 2.75) is 26.0 Å². The smallest absolute Gasteiger partial charge is 0.227 e. The summed E-state index contributed by atoms with van der Waals surface area (Å²) in [6.45, 7) is 4.69. The van der Waals surface area contributed by atoms with Crippen LogP contribution in [0.25, 0.3) is 11.4 Å². The van der Waals surface area contributed by atoms with Gasteiger partial charge in [0.25, 0.3) is 0 Å². The first kappa shape index (κ1) is 11.6. The molecule has 2 aromatic rings. The Morgan fingerprint density at radius 1 is 1.44 bits per heavy atom. The molecule has 0 fully saturated rings. The molecule has 0 spiro atoms. The lowest BCUT2D eigenvalue weighted by Crippen LogP contribution is -2.26. The van der Waals surface area contributed by atoms with Gasteiger partial charge in [-0.25, -0.2) is 9.07 Å². The molecule has 18 heavy (non-hydrogen) atoms. The SMILES string of the molecule is CC1(C)Cn2nc(-c3ccc(F)cn3)c(Br)c2O1. The summed E-state index contributed by atoms with van der Waals surface area (Å²) in [5.74, 6) is 0.333. The molecule has 1 aliphatic rings. The molecular formula is C12H11BrFN3O. The van der Waals surface area contributed by atoms with Crippen molar-refractivity contribution in [2.75, 3.05) is 0 Å². The normalized spacial score (nSPS) is 16.4. The first-order valence-electron chi connectivity index (χ1n) is 5.53. The van der Waals surface area contributed by atoms with Crippen molar-refractivity contribution in [2.24, 2.45) is 0 Å². The summed E-state index contributed by atoms with van der Waals surface area (Å²) in [7, 11) is 0. The largest absolute Gasteiger partial charge is 0.469 e. The molecule has 0 aromatic carbocycles. The second-order valence-corrected chi connectivity index (χ2v) is 5.64. The molecule has 0 amide bonds. The summed E-state index contributed by atoms with van der Waals surface area (Å²) in [4.78, 5) is 4.02. The predicted octanol–water partition coefficient (Wildman–Crippen LogP) is 3.02. The van der Waals surface area contributed by atoms with Crippen molar-refractivity contribution in [3.63, 3.8) is 0 Å². The number of aromatic nitrogens is 3. The Hall–Kier alpha value is -1.43. The highest BCUT2D eigenvalue weighted by atomic mass is 79.9. The zero-order valence-electron chi connectivity index (χ0n) is 9.94. The fourth-order valence-electron chi connectivity index (χ4n) is 1.96. The Morgan fingerprint density at radius 3 is 2.83 bits per heavy atom. The first-order chi connectivity index (χ1) is 8.46. The van der Waals surface area contributed by atoms with Gasteiger partial charge in [0.1, 0.15) is 21.6 Å². The third-order valence-corrected chi connectivity index (χ3v) is 3.44. The van der Waals surface area contributed by atoms with E-state index >= 15 is 0 Å². The van der Waals surface area contributed by atoms with E-state index in [1.165, 1.54) is 12.3 Å². The molecular weight excluding hydrogens is 301 g/mol. The van der Waals surface area contributed by atoms with E-state index in [9.17, 15) is 4.39 Å². The van der Waals surface area contributed by atoms with Gasteiger partial charge in [0.05, 0.1) is 18.4 Å². The average Bonchev–Trinajstić information content (AvgIpc) is 2.75. The Labute approximate surface area is 112 Å². The van der Waals surface area contributed by atoms with Crippen molar-refractivity contribution in [3.8, 4) is 17.3 Å². The van der Waals surface area contributed by atoms with Crippen LogP contribution in [0, 0.1) is 5.82 Å². The third-order valence-electron chi connectivity index (χ3n) is 2.72. The molecule has 0 radical (unpaired) electrons. The van der Waals surface area contributed by atoms with Crippen LogP contribution < -0.4 is 4.74 Å².